The molecule has 0 spiro atoms. The second-order valence-electron chi connectivity index (χ2n) is 4.55. The molecule has 2 rings (SSSR count). The van der Waals surface area contributed by atoms with Crippen LogP contribution in [0.4, 0.5) is 0 Å². The highest BCUT2D eigenvalue weighted by Crippen LogP contribution is 2.25. The van der Waals surface area contributed by atoms with Gasteiger partial charge in [0.2, 0.25) is 0 Å². The summed E-state index contributed by atoms with van der Waals surface area (Å²) in [5, 5.41) is 18.7. The lowest BCUT2D eigenvalue weighted by Gasteiger charge is -2.17. The van der Waals surface area contributed by atoms with E-state index in [0.717, 1.165) is 0 Å². The molecular weight excluding hydrogens is 234 g/mol. The largest absolute Gasteiger partial charge is 0.507 e. The molecule has 0 bridgehead atoms. The Labute approximate surface area is 105 Å². The van der Waals surface area contributed by atoms with E-state index in [1.54, 1.807) is 25.1 Å². The maximum absolute atomic E-state index is 12.2. The van der Waals surface area contributed by atoms with Crippen LogP contribution in [0.25, 0.3) is 0 Å². The Kier molecular flexibility index (Phi) is 3.23. The number of carboxylic acids is 1. The minimum atomic E-state index is -0.876. The molecule has 0 aliphatic carbocycles. The summed E-state index contributed by atoms with van der Waals surface area (Å²) in [5.74, 6) is -1.71. The molecule has 1 aliphatic rings. The molecule has 1 aliphatic heterocycles. The predicted molar refractivity (Wildman–Crippen MR) is 64.5 cm³/mol. The quantitative estimate of drug-likeness (QED) is 0.826. The number of hydrogen-bond donors (Lipinski definition) is 2. The summed E-state index contributed by atoms with van der Waals surface area (Å²) in [7, 11) is 0. The number of nitrogens with zero attached hydrogens (tertiary/aromatic N) is 1. The van der Waals surface area contributed by atoms with Gasteiger partial charge in [0.15, 0.2) is 0 Å². The van der Waals surface area contributed by atoms with Gasteiger partial charge in [-0.15, -0.1) is 0 Å². The van der Waals surface area contributed by atoms with Gasteiger partial charge in [0.25, 0.3) is 5.91 Å². The highest BCUT2D eigenvalue weighted by atomic mass is 16.4. The fourth-order valence-corrected chi connectivity index (χ4v) is 2.15. The Morgan fingerprint density at radius 3 is 2.72 bits per heavy atom. The van der Waals surface area contributed by atoms with Gasteiger partial charge in [0.1, 0.15) is 5.75 Å². The molecule has 1 atom stereocenters. The first-order chi connectivity index (χ1) is 8.50. The molecule has 5 nitrogen and oxygen atoms in total. The predicted octanol–water partition coefficient (Wildman–Crippen LogP) is 1.25. The maximum Gasteiger partial charge on any atom is 0.308 e. The summed E-state index contributed by atoms with van der Waals surface area (Å²) in [6.45, 7) is 2.35. The van der Waals surface area contributed by atoms with E-state index in [-0.39, 0.29) is 23.8 Å². The lowest BCUT2D eigenvalue weighted by atomic mass is 10.1. The van der Waals surface area contributed by atoms with Gasteiger partial charge in [-0.1, -0.05) is 12.1 Å². The first-order valence-electron chi connectivity index (χ1n) is 5.81. The molecule has 96 valence electrons. The van der Waals surface area contributed by atoms with Crippen molar-refractivity contribution in [3.63, 3.8) is 0 Å². The van der Waals surface area contributed by atoms with Crippen molar-refractivity contribution >= 4 is 11.9 Å². The number of carbonyl (C=O) groups excluding carboxylic acids is 1. The van der Waals surface area contributed by atoms with Gasteiger partial charge in [-0.05, 0) is 25.0 Å². The lowest BCUT2D eigenvalue weighted by molar-refractivity contribution is -0.141. The molecule has 1 aromatic carbocycles. The monoisotopic (exact) mass is 249 g/mol. The van der Waals surface area contributed by atoms with Crippen LogP contribution in [-0.2, 0) is 4.79 Å². The van der Waals surface area contributed by atoms with Crippen LogP contribution >= 0.6 is 0 Å². The Morgan fingerprint density at radius 2 is 2.11 bits per heavy atom. The third-order valence-electron chi connectivity index (χ3n) is 3.29. The zero-order valence-corrected chi connectivity index (χ0v) is 10.1. The minimum absolute atomic E-state index is 0.0266. The molecule has 2 N–H and O–H groups in total. The van der Waals surface area contributed by atoms with Gasteiger partial charge >= 0.3 is 5.97 Å². The first-order valence-corrected chi connectivity index (χ1v) is 5.81. The molecule has 18 heavy (non-hydrogen) atoms. The summed E-state index contributed by atoms with van der Waals surface area (Å²) < 4.78 is 0. The SMILES string of the molecule is Cc1cccc(C(=O)N2CCC(C(=O)O)C2)c1O. The van der Waals surface area contributed by atoms with Gasteiger partial charge in [0, 0.05) is 13.1 Å². The lowest BCUT2D eigenvalue weighted by Crippen LogP contribution is -2.30. The Morgan fingerprint density at radius 1 is 1.39 bits per heavy atom. The van der Waals surface area contributed by atoms with Crippen LogP contribution in [0.15, 0.2) is 18.2 Å². The van der Waals surface area contributed by atoms with E-state index < -0.39 is 11.9 Å². The van der Waals surface area contributed by atoms with Crippen molar-refractivity contribution in [2.45, 2.75) is 13.3 Å². The zero-order chi connectivity index (χ0) is 13.3. The number of aryl methyl sites for hydroxylation is 1. The number of aromatic hydroxyl groups is 1. The van der Waals surface area contributed by atoms with Crippen LogP contribution in [0.3, 0.4) is 0 Å². The summed E-state index contributed by atoms with van der Waals surface area (Å²) in [4.78, 5) is 24.5. The van der Waals surface area contributed by atoms with Gasteiger partial charge in [-0.3, -0.25) is 9.59 Å². The minimum Gasteiger partial charge on any atom is -0.507 e. The van der Waals surface area contributed by atoms with Crippen LogP contribution in [-0.4, -0.2) is 40.1 Å². The number of aliphatic carboxylic acids is 1. The van der Waals surface area contributed by atoms with Crippen LogP contribution < -0.4 is 0 Å². The smallest absolute Gasteiger partial charge is 0.308 e. The van der Waals surface area contributed by atoms with Crippen molar-refractivity contribution in [2.24, 2.45) is 5.92 Å². The number of hydrogen-bond acceptors (Lipinski definition) is 3. The summed E-state index contributed by atoms with van der Waals surface area (Å²) >= 11 is 0. The molecule has 0 aromatic heterocycles. The van der Waals surface area contributed by atoms with E-state index in [2.05, 4.69) is 0 Å². The molecule has 1 amide bonds. The van der Waals surface area contributed by atoms with Crippen molar-refractivity contribution in [1.82, 2.24) is 4.90 Å². The number of carboxylic acid groups (broad SMARTS) is 1. The highest BCUT2D eigenvalue weighted by molar-refractivity contribution is 5.97. The highest BCUT2D eigenvalue weighted by Gasteiger charge is 2.32. The van der Waals surface area contributed by atoms with Gasteiger partial charge in [-0.2, -0.15) is 0 Å². The number of phenols is 1. The number of phenolic OH excluding ortho intramolecular Hbond substituents is 1. The fourth-order valence-electron chi connectivity index (χ4n) is 2.15. The van der Waals surface area contributed by atoms with Crippen molar-refractivity contribution in [3.8, 4) is 5.75 Å². The number of likely N-dealkylation sites (tertiary alicyclic amines) is 1. The number of amides is 1. The van der Waals surface area contributed by atoms with Crippen LogP contribution in [0.1, 0.15) is 22.3 Å². The van der Waals surface area contributed by atoms with Gasteiger partial charge in [0.05, 0.1) is 11.5 Å². The average molecular weight is 249 g/mol. The second-order valence-corrected chi connectivity index (χ2v) is 4.55. The van der Waals surface area contributed by atoms with Crippen molar-refractivity contribution in [3.05, 3.63) is 29.3 Å². The molecule has 0 saturated carbocycles. The second kappa shape index (κ2) is 4.68. The molecule has 1 fully saturated rings. The molecule has 1 saturated heterocycles. The normalized spacial score (nSPS) is 18.9. The van der Waals surface area contributed by atoms with E-state index >= 15 is 0 Å². The summed E-state index contributed by atoms with van der Waals surface area (Å²) in [5.41, 5.74) is 0.871. The third kappa shape index (κ3) is 2.16. The molecule has 1 aromatic rings. The van der Waals surface area contributed by atoms with Gasteiger partial charge < -0.3 is 15.1 Å². The van der Waals surface area contributed by atoms with Crippen molar-refractivity contribution in [1.29, 1.82) is 0 Å². The van der Waals surface area contributed by atoms with E-state index in [1.165, 1.54) is 4.90 Å². The van der Waals surface area contributed by atoms with E-state index in [0.29, 0.717) is 18.5 Å². The Balaban J connectivity index is 2.18. The van der Waals surface area contributed by atoms with Crippen LogP contribution in [0, 0.1) is 12.8 Å². The van der Waals surface area contributed by atoms with E-state index in [1.807, 2.05) is 0 Å². The summed E-state index contributed by atoms with van der Waals surface area (Å²) in [6.07, 6.45) is 0.466. The maximum atomic E-state index is 12.2. The molecule has 1 heterocycles. The Bertz CT molecular complexity index is 498. The van der Waals surface area contributed by atoms with Crippen LogP contribution in [0.2, 0.25) is 0 Å². The third-order valence-corrected chi connectivity index (χ3v) is 3.29. The van der Waals surface area contributed by atoms with E-state index in [4.69, 9.17) is 5.11 Å². The summed E-state index contributed by atoms with van der Waals surface area (Å²) in [6, 6.07) is 4.97. The van der Waals surface area contributed by atoms with Crippen molar-refractivity contribution < 1.29 is 19.8 Å². The number of para-hydroxylation sites is 1. The standard InChI is InChI=1S/C13H15NO4/c1-8-3-2-4-10(11(8)15)12(16)14-6-5-9(7-14)13(17)18/h2-4,9,15H,5-7H2,1H3,(H,17,18). The number of rotatable bonds is 2. The first kappa shape index (κ1) is 12.4. The zero-order valence-electron chi connectivity index (χ0n) is 10.1. The molecule has 0 radical (unpaired) electrons. The number of carbonyl (C=O) groups is 2. The Hall–Kier alpha value is -2.04. The van der Waals surface area contributed by atoms with Crippen LogP contribution in [0.5, 0.6) is 5.75 Å². The van der Waals surface area contributed by atoms with Crippen molar-refractivity contribution in [2.75, 3.05) is 13.1 Å². The van der Waals surface area contributed by atoms with Gasteiger partial charge in [-0.25, -0.2) is 0 Å². The molecule has 1 unspecified atom stereocenters. The number of benzene rings is 1. The molecule has 5 heteroatoms. The fraction of sp³-hybridized carbons (Fsp3) is 0.385. The average Bonchev–Trinajstić information content (AvgIpc) is 2.81. The topological polar surface area (TPSA) is 77.8 Å². The van der Waals surface area contributed by atoms with E-state index in [9.17, 15) is 14.7 Å². The molecular formula is C13H15NO4.